The molecule has 0 aromatic heterocycles. The van der Waals surface area contributed by atoms with Gasteiger partial charge in [-0.2, -0.15) is 0 Å². The van der Waals surface area contributed by atoms with Gasteiger partial charge in [0.15, 0.2) is 0 Å². The normalized spacial score (nSPS) is 18.0. The molecule has 0 radical (unpaired) electrons. The molecule has 2 aliphatic heterocycles. The average Bonchev–Trinajstić information content (AvgIpc) is 3.46. The van der Waals surface area contributed by atoms with Crippen LogP contribution in [0, 0.1) is 0 Å². The molecule has 6 heteroatoms. The van der Waals surface area contributed by atoms with E-state index in [-0.39, 0.29) is 24.4 Å². The van der Waals surface area contributed by atoms with Crippen LogP contribution < -0.4 is 9.64 Å². The number of anilines is 1. The number of carbonyl (C=O) groups is 2. The molecule has 2 heterocycles. The Morgan fingerprint density at radius 3 is 2.36 bits per heavy atom. The van der Waals surface area contributed by atoms with Gasteiger partial charge in [0.25, 0.3) is 5.91 Å². The fourth-order valence-corrected chi connectivity index (χ4v) is 5.25. The lowest BCUT2D eigenvalue weighted by atomic mass is 10.00. The van der Waals surface area contributed by atoms with Gasteiger partial charge in [-0.1, -0.05) is 42.5 Å². The highest BCUT2D eigenvalue weighted by Gasteiger charge is 2.35. The number of carbonyl (C=O) groups excluding carboxylic acids is 2. The van der Waals surface area contributed by atoms with Crippen LogP contribution >= 0.6 is 0 Å². The predicted octanol–water partition coefficient (Wildman–Crippen LogP) is 4.39. The smallest absolute Gasteiger partial charge is 0.254 e. The van der Waals surface area contributed by atoms with Crippen LogP contribution in [0.4, 0.5) is 5.69 Å². The van der Waals surface area contributed by atoms with Crippen molar-refractivity contribution in [1.82, 2.24) is 9.80 Å². The van der Waals surface area contributed by atoms with Gasteiger partial charge in [-0.05, 0) is 66.8 Å². The van der Waals surface area contributed by atoms with E-state index in [2.05, 4.69) is 17.0 Å². The molecule has 6 nitrogen and oxygen atoms in total. The minimum Gasteiger partial charge on any atom is -0.497 e. The molecular formula is C30H33N3O3. The number of nitrogens with zero attached hydrogens (tertiary/aromatic N) is 3. The van der Waals surface area contributed by atoms with Crippen LogP contribution in [0.2, 0.25) is 0 Å². The number of ether oxygens (including phenoxy) is 1. The molecule has 0 bridgehead atoms. The Kier molecular flexibility index (Phi) is 7.21. The highest BCUT2D eigenvalue weighted by molar-refractivity contribution is 5.97. The molecular weight excluding hydrogens is 450 g/mol. The fraction of sp³-hybridized carbons (Fsp3) is 0.333. The van der Waals surface area contributed by atoms with E-state index in [4.69, 9.17) is 4.74 Å². The van der Waals surface area contributed by atoms with Crippen molar-refractivity contribution in [3.05, 3.63) is 95.6 Å². The maximum Gasteiger partial charge on any atom is 0.254 e. The second-order valence-corrected chi connectivity index (χ2v) is 9.64. The van der Waals surface area contributed by atoms with Gasteiger partial charge in [0.05, 0.1) is 13.2 Å². The van der Waals surface area contributed by atoms with Gasteiger partial charge in [0.2, 0.25) is 5.91 Å². The summed E-state index contributed by atoms with van der Waals surface area (Å²) in [6, 6.07) is 25.7. The first-order valence-electron chi connectivity index (χ1n) is 12.7. The van der Waals surface area contributed by atoms with Gasteiger partial charge in [-0.15, -0.1) is 0 Å². The summed E-state index contributed by atoms with van der Waals surface area (Å²) in [7, 11) is 1.64. The number of amides is 2. The second kappa shape index (κ2) is 10.9. The minimum absolute atomic E-state index is 0.0352. The number of benzene rings is 3. The Balaban J connectivity index is 1.35. The molecule has 0 saturated carbocycles. The predicted molar refractivity (Wildman–Crippen MR) is 141 cm³/mol. The summed E-state index contributed by atoms with van der Waals surface area (Å²) in [6.45, 7) is 3.20. The highest BCUT2D eigenvalue weighted by atomic mass is 16.5. The summed E-state index contributed by atoms with van der Waals surface area (Å²) in [4.78, 5) is 32.9. The molecule has 2 saturated heterocycles. The van der Waals surface area contributed by atoms with Gasteiger partial charge in [0.1, 0.15) is 12.3 Å². The third-order valence-corrected chi connectivity index (χ3v) is 7.19. The summed E-state index contributed by atoms with van der Waals surface area (Å²) in [5, 5.41) is 0. The molecule has 2 fully saturated rings. The summed E-state index contributed by atoms with van der Waals surface area (Å²) < 4.78 is 5.37. The summed E-state index contributed by atoms with van der Waals surface area (Å²) in [6.07, 6.45) is 3.12. The van der Waals surface area contributed by atoms with E-state index < -0.39 is 0 Å². The number of rotatable bonds is 7. The summed E-state index contributed by atoms with van der Waals surface area (Å²) >= 11 is 0. The first-order chi connectivity index (χ1) is 17.6. The SMILES string of the molecule is COc1cccc(CN2C(=O)CN(C(=O)c3ccc(N4CCCC4)cc3)C[C@@H]2Cc2ccccc2)c1. The lowest BCUT2D eigenvalue weighted by Gasteiger charge is -2.41. The van der Waals surface area contributed by atoms with Crippen molar-refractivity contribution in [2.75, 3.05) is 38.2 Å². The first kappa shape index (κ1) is 23.9. The Hall–Kier alpha value is -3.80. The zero-order chi connectivity index (χ0) is 24.9. The van der Waals surface area contributed by atoms with Gasteiger partial charge in [-0.25, -0.2) is 0 Å². The quantitative estimate of drug-likeness (QED) is 0.500. The van der Waals surface area contributed by atoms with E-state index in [0.29, 0.717) is 25.1 Å². The molecule has 0 spiro atoms. The number of piperazine rings is 1. The van der Waals surface area contributed by atoms with Gasteiger partial charge < -0.3 is 19.4 Å². The van der Waals surface area contributed by atoms with Crippen molar-refractivity contribution in [1.29, 1.82) is 0 Å². The molecule has 36 heavy (non-hydrogen) atoms. The Bertz CT molecular complexity index is 1190. The van der Waals surface area contributed by atoms with E-state index in [9.17, 15) is 9.59 Å². The first-order valence-corrected chi connectivity index (χ1v) is 12.7. The molecule has 1 atom stereocenters. The number of methoxy groups -OCH3 is 1. The van der Waals surface area contributed by atoms with Crippen LogP contribution in [0.25, 0.3) is 0 Å². The maximum atomic E-state index is 13.4. The lowest BCUT2D eigenvalue weighted by Crippen LogP contribution is -2.58. The molecule has 0 N–H and O–H groups in total. The Morgan fingerprint density at radius 1 is 0.917 bits per heavy atom. The van der Waals surface area contributed by atoms with Crippen LogP contribution in [0.5, 0.6) is 5.75 Å². The monoisotopic (exact) mass is 483 g/mol. The Labute approximate surface area is 213 Å². The standard InChI is InChI=1S/C30H33N3O3/c1-36-28-11-7-10-24(19-28)20-33-27(18-23-8-3-2-4-9-23)21-32(22-29(33)34)30(35)25-12-14-26(15-13-25)31-16-5-6-17-31/h2-4,7-15,19,27H,5-6,16-18,20-22H2,1H3/t27-/m0/s1. The molecule has 5 rings (SSSR count). The van der Waals surface area contributed by atoms with Crippen molar-refractivity contribution in [3.8, 4) is 5.75 Å². The zero-order valence-corrected chi connectivity index (χ0v) is 20.8. The maximum absolute atomic E-state index is 13.4. The van der Waals surface area contributed by atoms with Crippen LogP contribution in [-0.2, 0) is 17.8 Å². The summed E-state index contributed by atoms with van der Waals surface area (Å²) in [5.74, 6) is 0.646. The summed E-state index contributed by atoms with van der Waals surface area (Å²) in [5.41, 5.74) is 3.95. The van der Waals surface area contributed by atoms with Crippen LogP contribution in [0.3, 0.4) is 0 Å². The lowest BCUT2D eigenvalue weighted by molar-refractivity contribution is -0.139. The van der Waals surface area contributed by atoms with Crippen molar-refractivity contribution in [2.24, 2.45) is 0 Å². The van der Waals surface area contributed by atoms with Crippen LogP contribution in [-0.4, -0.2) is 60.9 Å². The van der Waals surface area contributed by atoms with E-state index in [1.54, 1.807) is 12.0 Å². The topological polar surface area (TPSA) is 53.1 Å². The number of hydrogen-bond acceptors (Lipinski definition) is 4. The second-order valence-electron chi connectivity index (χ2n) is 9.64. The molecule has 186 valence electrons. The highest BCUT2D eigenvalue weighted by Crippen LogP contribution is 2.24. The number of hydrogen-bond donors (Lipinski definition) is 0. The van der Waals surface area contributed by atoms with Gasteiger partial charge in [-0.3, -0.25) is 9.59 Å². The molecule has 3 aromatic carbocycles. The van der Waals surface area contributed by atoms with E-state index in [0.717, 1.165) is 35.7 Å². The van der Waals surface area contributed by atoms with Gasteiger partial charge in [0, 0.05) is 37.4 Å². The fourth-order valence-electron chi connectivity index (χ4n) is 5.25. The molecule has 2 amide bonds. The van der Waals surface area contributed by atoms with Crippen molar-refractivity contribution < 1.29 is 14.3 Å². The Morgan fingerprint density at radius 2 is 1.64 bits per heavy atom. The molecule has 0 unspecified atom stereocenters. The molecule has 3 aromatic rings. The van der Waals surface area contributed by atoms with Crippen molar-refractivity contribution in [3.63, 3.8) is 0 Å². The van der Waals surface area contributed by atoms with E-state index >= 15 is 0 Å². The molecule has 0 aliphatic carbocycles. The van der Waals surface area contributed by atoms with Crippen LogP contribution in [0.1, 0.15) is 34.3 Å². The van der Waals surface area contributed by atoms with Crippen molar-refractivity contribution >= 4 is 17.5 Å². The third kappa shape index (κ3) is 5.38. The molecule has 2 aliphatic rings. The third-order valence-electron chi connectivity index (χ3n) is 7.19. The largest absolute Gasteiger partial charge is 0.497 e. The van der Waals surface area contributed by atoms with E-state index in [1.165, 1.54) is 12.8 Å². The van der Waals surface area contributed by atoms with Crippen molar-refractivity contribution in [2.45, 2.75) is 31.8 Å². The zero-order valence-electron chi connectivity index (χ0n) is 20.8. The van der Waals surface area contributed by atoms with E-state index in [1.807, 2.05) is 71.6 Å². The van der Waals surface area contributed by atoms with Gasteiger partial charge >= 0.3 is 0 Å². The van der Waals surface area contributed by atoms with Crippen LogP contribution in [0.15, 0.2) is 78.9 Å². The average molecular weight is 484 g/mol. The minimum atomic E-state index is -0.118.